The third-order valence-electron chi connectivity index (χ3n) is 4.44. The summed E-state index contributed by atoms with van der Waals surface area (Å²) >= 11 is 0.153. The molecule has 1 heterocycles. The maximum atomic E-state index is 13.9. The fourth-order valence-corrected chi connectivity index (χ4v) is 3.67. The monoisotopic (exact) mass is 516 g/mol. The first kappa shape index (κ1) is 28.5. The molecule has 0 aliphatic carbocycles. The molecule has 0 unspecified atom stereocenters. The molecular weight excluding hydrogens is 499 g/mol. The SMILES string of the molecule is CCN(CC)C(=O)c1sc(NC(=O)C(F)(F)C(F)(F)C(F)(F)C(F)(F)F)c(C(=O)OC)c1C. The minimum atomic E-state index is -7.28. The van der Waals surface area contributed by atoms with Gasteiger partial charge in [0, 0.05) is 13.1 Å². The van der Waals surface area contributed by atoms with Crippen LogP contribution in [0.4, 0.5) is 44.5 Å². The van der Waals surface area contributed by atoms with Crippen LogP contribution in [0.1, 0.15) is 39.4 Å². The topological polar surface area (TPSA) is 75.7 Å². The van der Waals surface area contributed by atoms with Gasteiger partial charge in [0.1, 0.15) is 5.00 Å². The van der Waals surface area contributed by atoms with Crippen molar-refractivity contribution >= 4 is 34.1 Å². The number of amides is 2. The van der Waals surface area contributed by atoms with E-state index in [-0.39, 0.29) is 34.9 Å². The number of methoxy groups -OCH3 is 1. The quantitative estimate of drug-likeness (QED) is 0.401. The summed E-state index contributed by atoms with van der Waals surface area (Å²) in [5, 5.41) is 0.0832. The molecule has 0 aliphatic heterocycles. The number of nitrogens with one attached hydrogen (secondary N) is 1. The van der Waals surface area contributed by atoms with Crippen LogP contribution >= 0.6 is 11.3 Å². The predicted molar refractivity (Wildman–Crippen MR) is 97.2 cm³/mol. The molecule has 0 saturated carbocycles. The van der Waals surface area contributed by atoms with Gasteiger partial charge >= 0.3 is 35.8 Å². The van der Waals surface area contributed by atoms with Crippen LogP contribution in [0.2, 0.25) is 0 Å². The fourth-order valence-electron chi connectivity index (χ4n) is 2.51. The molecule has 33 heavy (non-hydrogen) atoms. The molecule has 16 heteroatoms. The molecule has 1 aromatic rings. The molecule has 1 N–H and O–H groups in total. The normalized spacial score (nSPS) is 13.0. The minimum absolute atomic E-state index is 0.152. The van der Waals surface area contributed by atoms with Gasteiger partial charge in [-0.25, -0.2) is 4.79 Å². The summed E-state index contributed by atoms with van der Waals surface area (Å²) < 4.78 is 122. The summed E-state index contributed by atoms with van der Waals surface area (Å²) in [6.07, 6.45) is -7.11. The van der Waals surface area contributed by atoms with Crippen molar-refractivity contribution < 1.29 is 58.6 Å². The zero-order valence-electron chi connectivity index (χ0n) is 17.3. The van der Waals surface area contributed by atoms with Gasteiger partial charge in [-0.1, -0.05) is 0 Å². The molecule has 188 valence electrons. The maximum absolute atomic E-state index is 13.9. The van der Waals surface area contributed by atoms with Gasteiger partial charge in [-0.05, 0) is 26.3 Å². The lowest BCUT2D eigenvalue weighted by Crippen LogP contribution is -2.64. The zero-order chi connectivity index (χ0) is 26.2. The number of halogens is 9. The Kier molecular flexibility index (Phi) is 8.11. The summed E-state index contributed by atoms with van der Waals surface area (Å²) in [6, 6.07) is 0. The van der Waals surface area contributed by atoms with Gasteiger partial charge in [0.15, 0.2) is 0 Å². The van der Waals surface area contributed by atoms with E-state index >= 15 is 0 Å². The molecule has 0 saturated heterocycles. The average Bonchev–Trinajstić information content (AvgIpc) is 3.02. The molecule has 0 aromatic carbocycles. The van der Waals surface area contributed by atoms with Crippen molar-refractivity contribution in [2.75, 3.05) is 25.5 Å². The van der Waals surface area contributed by atoms with Gasteiger partial charge < -0.3 is 15.0 Å². The van der Waals surface area contributed by atoms with Crippen molar-refractivity contribution in [2.24, 2.45) is 0 Å². The summed E-state index contributed by atoms with van der Waals surface area (Å²) in [6.45, 7) is 4.56. The molecule has 6 nitrogen and oxygen atoms in total. The highest BCUT2D eigenvalue weighted by Gasteiger charge is 2.83. The summed E-state index contributed by atoms with van der Waals surface area (Å²) in [4.78, 5) is 37.3. The summed E-state index contributed by atoms with van der Waals surface area (Å²) in [7, 11) is 0.809. The van der Waals surface area contributed by atoms with Crippen molar-refractivity contribution in [3.05, 3.63) is 16.0 Å². The van der Waals surface area contributed by atoms with Crippen LogP contribution in [0.5, 0.6) is 0 Å². The van der Waals surface area contributed by atoms with Crippen LogP contribution < -0.4 is 5.32 Å². The minimum Gasteiger partial charge on any atom is -0.465 e. The van der Waals surface area contributed by atoms with E-state index in [9.17, 15) is 53.9 Å². The van der Waals surface area contributed by atoms with Crippen LogP contribution in [0.25, 0.3) is 0 Å². The van der Waals surface area contributed by atoms with Gasteiger partial charge in [0.2, 0.25) is 0 Å². The van der Waals surface area contributed by atoms with Gasteiger partial charge in [-0.2, -0.15) is 39.5 Å². The van der Waals surface area contributed by atoms with Crippen LogP contribution in [-0.2, 0) is 9.53 Å². The number of ether oxygens (including phenoxy) is 1. The van der Waals surface area contributed by atoms with Crippen LogP contribution in [-0.4, -0.2) is 66.8 Å². The number of hydrogen-bond donors (Lipinski definition) is 1. The van der Waals surface area contributed by atoms with E-state index in [0.717, 1.165) is 19.4 Å². The number of alkyl halides is 9. The van der Waals surface area contributed by atoms with E-state index in [2.05, 4.69) is 4.74 Å². The van der Waals surface area contributed by atoms with Crippen molar-refractivity contribution in [1.29, 1.82) is 0 Å². The van der Waals surface area contributed by atoms with Crippen molar-refractivity contribution in [3.63, 3.8) is 0 Å². The highest BCUT2D eigenvalue weighted by molar-refractivity contribution is 7.18. The third kappa shape index (κ3) is 4.75. The Morgan fingerprint density at radius 1 is 0.939 bits per heavy atom. The van der Waals surface area contributed by atoms with E-state index in [0.29, 0.717) is 0 Å². The van der Waals surface area contributed by atoms with Gasteiger partial charge in [0.25, 0.3) is 5.91 Å². The molecule has 0 atom stereocenters. The lowest BCUT2D eigenvalue weighted by atomic mass is 10.0. The molecule has 1 aromatic heterocycles. The van der Waals surface area contributed by atoms with E-state index in [1.54, 1.807) is 13.8 Å². The average molecular weight is 516 g/mol. The fraction of sp³-hybridized carbons (Fsp3) is 0.588. The highest BCUT2D eigenvalue weighted by atomic mass is 32.1. The number of hydrogen-bond acceptors (Lipinski definition) is 5. The Hall–Kier alpha value is -2.52. The molecule has 0 radical (unpaired) electrons. The standard InChI is InChI=1S/C17H17F9N2O4S/c1-5-28(6-2)11(29)9-7(3)8(12(30)32-4)10(33-9)27-13(31)14(18,19)15(20,21)16(22,23)17(24,25)26/h5-6H2,1-4H3,(H,27,31). The second kappa shape index (κ2) is 9.38. The Morgan fingerprint density at radius 3 is 1.82 bits per heavy atom. The maximum Gasteiger partial charge on any atom is 0.460 e. The van der Waals surface area contributed by atoms with E-state index in [1.165, 1.54) is 4.90 Å². The largest absolute Gasteiger partial charge is 0.465 e. The van der Waals surface area contributed by atoms with Crippen LogP contribution in [0, 0.1) is 6.92 Å². The Morgan fingerprint density at radius 2 is 1.42 bits per heavy atom. The Bertz CT molecular complexity index is 924. The molecule has 1 rings (SSSR count). The van der Waals surface area contributed by atoms with Crippen molar-refractivity contribution in [2.45, 2.75) is 44.7 Å². The van der Waals surface area contributed by atoms with E-state index in [4.69, 9.17) is 0 Å². The molecule has 0 bridgehead atoms. The Balaban J connectivity index is 3.54. The van der Waals surface area contributed by atoms with Crippen LogP contribution in [0.3, 0.4) is 0 Å². The lowest BCUT2D eigenvalue weighted by Gasteiger charge is -2.32. The van der Waals surface area contributed by atoms with E-state index < -0.39 is 52.3 Å². The number of rotatable bonds is 8. The molecule has 0 spiro atoms. The Labute approximate surface area is 184 Å². The second-order valence-electron chi connectivity index (χ2n) is 6.40. The molecule has 0 fully saturated rings. The zero-order valence-corrected chi connectivity index (χ0v) is 18.1. The van der Waals surface area contributed by atoms with Gasteiger partial charge in [0.05, 0.1) is 17.6 Å². The van der Waals surface area contributed by atoms with E-state index in [1.807, 2.05) is 0 Å². The summed E-state index contributed by atoms with van der Waals surface area (Å²) in [5.41, 5.74) is -0.970. The predicted octanol–water partition coefficient (Wildman–Crippen LogP) is 4.73. The number of carbonyl (C=O) groups excluding carboxylic acids is 3. The number of anilines is 1. The lowest BCUT2D eigenvalue weighted by molar-refractivity contribution is -0.388. The van der Waals surface area contributed by atoms with Gasteiger partial charge in [-0.15, -0.1) is 11.3 Å². The summed E-state index contributed by atoms with van der Waals surface area (Å²) in [5.74, 6) is -26.4. The first-order valence-corrected chi connectivity index (χ1v) is 9.67. The molecule has 0 aliphatic rings. The van der Waals surface area contributed by atoms with Crippen molar-refractivity contribution in [3.8, 4) is 0 Å². The molecule has 2 amide bonds. The second-order valence-corrected chi connectivity index (χ2v) is 7.43. The van der Waals surface area contributed by atoms with Crippen molar-refractivity contribution in [1.82, 2.24) is 4.90 Å². The number of nitrogens with zero attached hydrogens (tertiary/aromatic N) is 1. The first-order valence-electron chi connectivity index (χ1n) is 8.85. The van der Waals surface area contributed by atoms with Crippen LogP contribution in [0.15, 0.2) is 0 Å². The number of carbonyl (C=O) groups is 3. The smallest absolute Gasteiger partial charge is 0.460 e. The molecular formula is C17H17F9N2O4S. The number of esters is 1. The number of thiophene rings is 1. The van der Waals surface area contributed by atoms with Gasteiger partial charge in [-0.3, -0.25) is 9.59 Å². The first-order chi connectivity index (χ1) is 14.8. The highest BCUT2D eigenvalue weighted by Crippen LogP contribution is 2.53. The third-order valence-corrected chi connectivity index (χ3v) is 5.63.